The Morgan fingerprint density at radius 1 is 1.33 bits per heavy atom. The predicted octanol–water partition coefficient (Wildman–Crippen LogP) is 3.59. The molecule has 7 heteroatoms. The first kappa shape index (κ1) is 17.3. The highest BCUT2D eigenvalue weighted by atomic mass is 35.5. The molecule has 0 fully saturated rings. The van der Waals surface area contributed by atoms with E-state index in [9.17, 15) is 4.79 Å². The molecule has 0 spiro atoms. The third-order valence-electron chi connectivity index (χ3n) is 2.88. The average molecular weight is 343 g/mol. The molecule has 0 radical (unpaired) electrons. The topological polar surface area (TPSA) is 87.0 Å². The highest BCUT2D eigenvalue weighted by Gasteiger charge is 2.09. The number of carbonyl (C=O) groups is 1. The Kier molecular flexibility index (Phi) is 6.17. The Morgan fingerprint density at radius 3 is 2.67 bits per heavy atom. The van der Waals surface area contributed by atoms with E-state index in [0.717, 1.165) is 0 Å². The maximum atomic E-state index is 12.1. The molecule has 2 N–H and O–H groups in total. The number of rotatable bonds is 6. The Bertz CT molecular complexity index is 765. The van der Waals surface area contributed by atoms with E-state index in [-0.39, 0.29) is 5.57 Å². The molecule has 0 saturated carbocycles. The first-order valence-corrected chi connectivity index (χ1v) is 7.52. The molecule has 24 heavy (non-hydrogen) atoms. The van der Waals surface area contributed by atoms with Gasteiger partial charge in [0.05, 0.1) is 11.6 Å². The van der Waals surface area contributed by atoms with Crippen LogP contribution in [0.2, 0.25) is 5.02 Å². The molecule has 1 heterocycles. The number of carbonyl (C=O) groups excluding carboxylic acids is 1. The molecule has 0 saturated heterocycles. The van der Waals surface area contributed by atoms with Crippen molar-refractivity contribution in [1.82, 2.24) is 4.98 Å². The van der Waals surface area contributed by atoms with Crippen molar-refractivity contribution >= 4 is 29.0 Å². The van der Waals surface area contributed by atoms with Crippen LogP contribution in [0.3, 0.4) is 0 Å². The normalized spacial score (nSPS) is 10.6. The van der Waals surface area contributed by atoms with Gasteiger partial charge in [-0.1, -0.05) is 11.6 Å². The molecule has 0 bridgehead atoms. The van der Waals surface area contributed by atoms with Crippen LogP contribution in [0.4, 0.5) is 11.5 Å². The highest BCUT2D eigenvalue weighted by molar-refractivity contribution is 6.30. The van der Waals surface area contributed by atoms with Gasteiger partial charge in [0.2, 0.25) is 0 Å². The second kappa shape index (κ2) is 8.56. The van der Waals surface area contributed by atoms with Crippen molar-refractivity contribution in [3.05, 3.63) is 59.4 Å². The summed E-state index contributed by atoms with van der Waals surface area (Å²) in [4.78, 5) is 16.1. The van der Waals surface area contributed by atoms with E-state index in [1.54, 1.807) is 36.4 Å². The predicted molar refractivity (Wildman–Crippen MR) is 92.8 cm³/mol. The van der Waals surface area contributed by atoms with Crippen molar-refractivity contribution in [3.63, 3.8) is 0 Å². The number of amides is 1. The van der Waals surface area contributed by atoms with Gasteiger partial charge in [0.25, 0.3) is 5.91 Å². The van der Waals surface area contributed by atoms with Gasteiger partial charge in [0.15, 0.2) is 0 Å². The number of halogens is 1. The molecule has 0 atom stereocenters. The van der Waals surface area contributed by atoms with E-state index in [2.05, 4.69) is 15.6 Å². The largest absolute Gasteiger partial charge is 0.494 e. The summed E-state index contributed by atoms with van der Waals surface area (Å²) in [7, 11) is 0. The number of nitriles is 1. The van der Waals surface area contributed by atoms with Gasteiger partial charge in [0, 0.05) is 18.1 Å². The van der Waals surface area contributed by atoms with Gasteiger partial charge in [-0.15, -0.1) is 0 Å². The molecule has 122 valence electrons. The monoisotopic (exact) mass is 342 g/mol. The number of anilines is 2. The van der Waals surface area contributed by atoms with Crippen LogP contribution in [0.5, 0.6) is 5.75 Å². The van der Waals surface area contributed by atoms with Gasteiger partial charge in [-0.05, 0) is 43.3 Å². The number of pyridine rings is 1. The fourth-order valence-electron chi connectivity index (χ4n) is 1.76. The van der Waals surface area contributed by atoms with E-state index in [4.69, 9.17) is 21.6 Å². The smallest absolute Gasteiger partial charge is 0.267 e. The Morgan fingerprint density at radius 2 is 2.08 bits per heavy atom. The van der Waals surface area contributed by atoms with Crippen LogP contribution in [-0.2, 0) is 4.79 Å². The molecule has 6 nitrogen and oxygen atoms in total. The van der Waals surface area contributed by atoms with Crippen LogP contribution in [0, 0.1) is 11.3 Å². The molecular formula is C17H15ClN4O2. The fourth-order valence-corrected chi connectivity index (χ4v) is 1.87. The van der Waals surface area contributed by atoms with Crippen molar-refractivity contribution < 1.29 is 9.53 Å². The minimum Gasteiger partial charge on any atom is -0.494 e. The highest BCUT2D eigenvalue weighted by Crippen LogP contribution is 2.16. The maximum absolute atomic E-state index is 12.1. The van der Waals surface area contributed by atoms with E-state index < -0.39 is 5.91 Å². The summed E-state index contributed by atoms with van der Waals surface area (Å²) in [5, 5.41) is 15.0. The summed E-state index contributed by atoms with van der Waals surface area (Å²) >= 11 is 5.74. The number of nitrogens with one attached hydrogen (secondary N) is 2. The van der Waals surface area contributed by atoms with Crippen LogP contribution < -0.4 is 15.4 Å². The first-order chi connectivity index (χ1) is 11.6. The minimum atomic E-state index is -0.525. The quantitative estimate of drug-likeness (QED) is 0.618. The second-order valence-corrected chi connectivity index (χ2v) is 5.02. The summed E-state index contributed by atoms with van der Waals surface area (Å²) in [5.41, 5.74) is 0.481. The molecule has 0 aliphatic rings. The number of hydrogen-bond acceptors (Lipinski definition) is 5. The zero-order chi connectivity index (χ0) is 17.4. The van der Waals surface area contributed by atoms with Crippen LogP contribution in [0.25, 0.3) is 0 Å². The van der Waals surface area contributed by atoms with Gasteiger partial charge in [-0.25, -0.2) is 4.98 Å². The first-order valence-electron chi connectivity index (χ1n) is 7.15. The third kappa shape index (κ3) is 5.00. The van der Waals surface area contributed by atoms with Gasteiger partial charge in [-0.3, -0.25) is 4.79 Å². The van der Waals surface area contributed by atoms with Crippen LogP contribution in [0.15, 0.2) is 54.4 Å². The lowest BCUT2D eigenvalue weighted by atomic mass is 10.2. The molecule has 1 aromatic carbocycles. The van der Waals surface area contributed by atoms with Gasteiger partial charge in [0.1, 0.15) is 23.2 Å². The summed E-state index contributed by atoms with van der Waals surface area (Å²) in [6, 6.07) is 12.0. The van der Waals surface area contributed by atoms with Crippen molar-refractivity contribution in [1.29, 1.82) is 5.26 Å². The van der Waals surface area contributed by atoms with Gasteiger partial charge < -0.3 is 15.4 Å². The van der Waals surface area contributed by atoms with Crippen molar-refractivity contribution in [2.24, 2.45) is 0 Å². The van der Waals surface area contributed by atoms with Crippen LogP contribution in [0.1, 0.15) is 6.92 Å². The van der Waals surface area contributed by atoms with Crippen LogP contribution in [-0.4, -0.2) is 17.5 Å². The number of nitrogens with zero attached hydrogens (tertiary/aromatic N) is 2. The zero-order valence-electron chi connectivity index (χ0n) is 12.9. The number of ether oxygens (including phenoxy) is 1. The SMILES string of the molecule is CCOc1ccc(NC(=O)/C(C#N)=C\Nc2ccc(Cl)cn2)cc1. The van der Waals surface area contributed by atoms with Crippen molar-refractivity contribution in [3.8, 4) is 11.8 Å². The Labute approximate surface area is 144 Å². The second-order valence-electron chi connectivity index (χ2n) is 4.59. The van der Waals surface area contributed by atoms with Crippen molar-refractivity contribution in [2.75, 3.05) is 17.2 Å². The number of aromatic nitrogens is 1. The van der Waals surface area contributed by atoms with Crippen molar-refractivity contribution in [2.45, 2.75) is 6.92 Å². The number of benzene rings is 1. The summed E-state index contributed by atoms with van der Waals surface area (Å²) in [5.74, 6) is 0.658. The molecule has 1 aromatic heterocycles. The average Bonchev–Trinajstić information content (AvgIpc) is 2.59. The molecule has 0 aliphatic heterocycles. The molecule has 0 aliphatic carbocycles. The molecule has 0 unspecified atom stereocenters. The zero-order valence-corrected chi connectivity index (χ0v) is 13.7. The van der Waals surface area contributed by atoms with Gasteiger partial charge >= 0.3 is 0 Å². The van der Waals surface area contributed by atoms with Gasteiger partial charge in [-0.2, -0.15) is 5.26 Å². The molecule has 1 amide bonds. The van der Waals surface area contributed by atoms with E-state index in [0.29, 0.717) is 28.9 Å². The van der Waals surface area contributed by atoms with Crippen LogP contribution >= 0.6 is 11.6 Å². The Balaban J connectivity index is 2.01. The maximum Gasteiger partial charge on any atom is 0.267 e. The standard InChI is InChI=1S/C17H15ClN4O2/c1-2-24-15-6-4-14(5-7-15)22-17(23)12(9-19)10-20-16-8-3-13(18)11-21-16/h3-8,10-11H,2H2,1H3,(H,20,21)(H,22,23)/b12-10-. The lowest BCUT2D eigenvalue weighted by molar-refractivity contribution is -0.112. The number of hydrogen-bond donors (Lipinski definition) is 2. The lowest BCUT2D eigenvalue weighted by Crippen LogP contribution is -2.14. The van der Waals surface area contributed by atoms with E-state index in [1.165, 1.54) is 12.4 Å². The summed E-state index contributed by atoms with van der Waals surface area (Å²) in [6.45, 7) is 2.46. The Hall–Kier alpha value is -3.04. The fraction of sp³-hybridized carbons (Fsp3) is 0.118. The molecule has 2 rings (SSSR count). The summed E-state index contributed by atoms with van der Waals surface area (Å²) in [6.07, 6.45) is 2.75. The summed E-state index contributed by atoms with van der Waals surface area (Å²) < 4.78 is 5.33. The molecular weight excluding hydrogens is 328 g/mol. The lowest BCUT2D eigenvalue weighted by Gasteiger charge is -2.07. The third-order valence-corrected chi connectivity index (χ3v) is 3.10. The van der Waals surface area contributed by atoms with E-state index in [1.807, 2.05) is 13.0 Å². The van der Waals surface area contributed by atoms with E-state index >= 15 is 0 Å². The molecule has 2 aromatic rings. The minimum absolute atomic E-state index is 0.0827.